The van der Waals surface area contributed by atoms with Gasteiger partial charge in [-0.2, -0.15) is 0 Å². The van der Waals surface area contributed by atoms with E-state index < -0.39 is 5.97 Å². The molecule has 1 unspecified atom stereocenters. The number of hydrogen-bond acceptors (Lipinski definition) is 5. The third kappa shape index (κ3) is 2.76. The lowest BCUT2D eigenvalue weighted by Gasteiger charge is -2.25. The van der Waals surface area contributed by atoms with Gasteiger partial charge in [0, 0.05) is 29.5 Å². The van der Waals surface area contributed by atoms with E-state index in [1.165, 1.54) is 11.3 Å². The highest BCUT2D eigenvalue weighted by atomic mass is 32.1. The highest BCUT2D eigenvalue weighted by Gasteiger charge is 2.29. The molecule has 110 valence electrons. The van der Waals surface area contributed by atoms with E-state index in [4.69, 9.17) is 5.11 Å². The Hall–Kier alpha value is -1.95. The maximum atomic E-state index is 11.0. The molecule has 1 N–H and O–H groups in total. The molecule has 0 aliphatic carbocycles. The number of carboxylic acid groups (broad SMARTS) is 1. The van der Waals surface area contributed by atoms with Crippen molar-refractivity contribution in [1.82, 2.24) is 9.97 Å². The Labute approximate surface area is 127 Å². The monoisotopic (exact) mass is 303 g/mol. The van der Waals surface area contributed by atoms with E-state index in [1.807, 2.05) is 12.3 Å². The summed E-state index contributed by atoms with van der Waals surface area (Å²) in [7, 11) is 0. The molecule has 6 heteroatoms. The van der Waals surface area contributed by atoms with Crippen LogP contribution < -0.4 is 4.90 Å². The van der Waals surface area contributed by atoms with Gasteiger partial charge >= 0.3 is 5.97 Å². The van der Waals surface area contributed by atoms with Crippen LogP contribution in [0.5, 0.6) is 0 Å². The Morgan fingerprint density at radius 1 is 1.57 bits per heavy atom. The summed E-state index contributed by atoms with van der Waals surface area (Å²) in [6, 6.07) is 4.31. The zero-order valence-corrected chi connectivity index (χ0v) is 12.6. The van der Waals surface area contributed by atoms with Crippen LogP contribution in [-0.4, -0.2) is 27.6 Å². The standard InChI is InChI=1S/C15H17N3O2S/c1-2-10-8-11(5-6-16-10)18-7-3-4-13(18)14-17-12(9-21-14)15(19)20/h5-6,8-9,13H,2-4,7H2,1H3,(H,19,20). The molecule has 3 rings (SSSR count). The van der Waals surface area contributed by atoms with E-state index in [0.717, 1.165) is 42.2 Å². The lowest BCUT2D eigenvalue weighted by molar-refractivity contribution is 0.0691. The molecule has 1 aliphatic heterocycles. The molecule has 1 atom stereocenters. The lowest BCUT2D eigenvalue weighted by Crippen LogP contribution is -2.22. The number of hydrogen-bond donors (Lipinski definition) is 1. The van der Waals surface area contributed by atoms with Crippen molar-refractivity contribution in [1.29, 1.82) is 0 Å². The van der Waals surface area contributed by atoms with Gasteiger partial charge in [0.1, 0.15) is 5.01 Å². The minimum absolute atomic E-state index is 0.144. The lowest BCUT2D eigenvalue weighted by atomic mass is 10.2. The van der Waals surface area contributed by atoms with Crippen molar-refractivity contribution in [3.63, 3.8) is 0 Å². The third-order valence-electron chi connectivity index (χ3n) is 3.77. The second-order valence-corrected chi connectivity index (χ2v) is 5.98. The van der Waals surface area contributed by atoms with E-state index >= 15 is 0 Å². The van der Waals surface area contributed by atoms with Gasteiger partial charge in [-0.05, 0) is 31.4 Å². The summed E-state index contributed by atoms with van der Waals surface area (Å²) in [5, 5.41) is 11.5. The average molecular weight is 303 g/mol. The molecule has 21 heavy (non-hydrogen) atoms. The normalized spacial score (nSPS) is 18.1. The molecular formula is C15H17N3O2S. The van der Waals surface area contributed by atoms with E-state index in [1.54, 1.807) is 5.38 Å². The number of thiazole rings is 1. The molecule has 0 amide bonds. The maximum absolute atomic E-state index is 11.0. The SMILES string of the molecule is CCc1cc(N2CCCC2c2nc(C(=O)O)cs2)ccn1. The van der Waals surface area contributed by atoms with E-state index in [2.05, 4.69) is 27.9 Å². The predicted octanol–water partition coefficient (Wildman–Crippen LogP) is 3.14. The van der Waals surface area contributed by atoms with Crippen LogP contribution in [0.15, 0.2) is 23.7 Å². The van der Waals surface area contributed by atoms with Crippen LogP contribution in [0.25, 0.3) is 0 Å². The van der Waals surface area contributed by atoms with E-state index in [9.17, 15) is 4.79 Å². The summed E-state index contributed by atoms with van der Waals surface area (Å²) in [5.41, 5.74) is 2.37. The number of nitrogens with zero attached hydrogens (tertiary/aromatic N) is 3. The van der Waals surface area contributed by atoms with Crippen molar-refractivity contribution in [2.45, 2.75) is 32.2 Å². The molecule has 1 aliphatic rings. The Bertz CT molecular complexity index is 656. The minimum Gasteiger partial charge on any atom is -0.476 e. The first-order chi connectivity index (χ1) is 10.2. The molecular weight excluding hydrogens is 286 g/mol. The molecule has 5 nitrogen and oxygen atoms in total. The molecule has 0 saturated carbocycles. The van der Waals surface area contributed by atoms with Gasteiger partial charge in [-0.1, -0.05) is 6.92 Å². The van der Waals surface area contributed by atoms with Gasteiger partial charge in [0.25, 0.3) is 0 Å². The first kappa shape index (κ1) is 14.0. The number of rotatable bonds is 4. The van der Waals surface area contributed by atoms with Gasteiger partial charge in [0.15, 0.2) is 5.69 Å². The quantitative estimate of drug-likeness (QED) is 0.940. The molecule has 0 aromatic carbocycles. The Morgan fingerprint density at radius 3 is 3.14 bits per heavy atom. The zero-order chi connectivity index (χ0) is 14.8. The summed E-state index contributed by atoms with van der Waals surface area (Å²) in [6.07, 6.45) is 4.85. The highest BCUT2D eigenvalue weighted by molar-refractivity contribution is 7.09. The Morgan fingerprint density at radius 2 is 2.43 bits per heavy atom. The molecule has 2 aromatic heterocycles. The van der Waals surface area contributed by atoms with E-state index in [0.29, 0.717) is 0 Å². The number of anilines is 1. The molecule has 3 heterocycles. The van der Waals surface area contributed by atoms with Crippen molar-refractivity contribution in [2.75, 3.05) is 11.4 Å². The average Bonchev–Trinajstić information content (AvgIpc) is 3.15. The summed E-state index contributed by atoms with van der Waals surface area (Å²) in [6.45, 7) is 3.06. The number of aromatic nitrogens is 2. The first-order valence-electron chi connectivity index (χ1n) is 7.09. The van der Waals surface area contributed by atoms with Gasteiger partial charge in [-0.15, -0.1) is 11.3 Å². The molecule has 0 radical (unpaired) electrons. The van der Waals surface area contributed by atoms with Crippen molar-refractivity contribution in [2.24, 2.45) is 0 Å². The number of aryl methyl sites for hydroxylation is 1. The van der Waals surface area contributed by atoms with Crippen LogP contribution >= 0.6 is 11.3 Å². The molecule has 2 aromatic rings. The topological polar surface area (TPSA) is 66.3 Å². The molecule has 0 spiro atoms. The van der Waals surface area contributed by atoms with Gasteiger partial charge < -0.3 is 10.0 Å². The first-order valence-corrected chi connectivity index (χ1v) is 7.97. The highest BCUT2D eigenvalue weighted by Crippen LogP contribution is 2.37. The summed E-state index contributed by atoms with van der Waals surface area (Å²) in [4.78, 5) is 21.9. The van der Waals surface area contributed by atoms with Gasteiger partial charge in [-0.25, -0.2) is 9.78 Å². The molecule has 0 bridgehead atoms. The smallest absolute Gasteiger partial charge is 0.355 e. The second-order valence-electron chi connectivity index (χ2n) is 5.09. The van der Waals surface area contributed by atoms with Gasteiger partial charge in [0.2, 0.25) is 0 Å². The van der Waals surface area contributed by atoms with Crippen LogP contribution in [-0.2, 0) is 6.42 Å². The molecule has 1 fully saturated rings. The van der Waals surface area contributed by atoms with E-state index in [-0.39, 0.29) is 11.7 Å². The number of pyridine rings is 1. The predicted molar refractivity (Wildman–Crippen MR) is 82.0 cm³/mol. The summed E-state index contributed by atoms with van der Waals surface area (Å²) >= 11 is 1.43. The van der Waals surface area contributed by atoms with Crippen molar-refractivity contribution < 1.29 is 9.90 Å². The third-order valence-corrected chi connectivity index (χ3v) is 4.72. The van der Waals surface area contributed by atoms with Crippen LogP contribution in [0.4, 0.5) is 5.69 Å². The summed E-state index contributed by atoms with van der Waals surface area (Å²) in [5.74, 6) is -0.959. The Kier molecular flexibility index (Phi) is 3.88. The minimum atomic E-state index is -0.959. The van der Waals surface area contributed by atoms with Crippen molar-refractivity contribution in [3.05, 3.63) is 40.1 Å². The van der Waals surface area contributed by atoms with Crippen LogP contribution in [0.2, 0.25) is 0 Å². The van der Waals surface area contributed by atoms with Gasteiger partial charge in [-0.3, -0.25) is 4.98 Å². The van der Waals surface area contributed by atoms with Crippen LogP contribution in [0.3, 0.4) is 0 Å². The van der Waals surface area contributed by atoms with Crippen molar-refractivity contribution in [3.8, 4) is 0 Å². The number of carboxylic acids is 1. The zero-order valence-electron chi connectivity index (χ0n) is 11.8. The summed E-state index contributed by atoms with van der Waals surface area (Å²) < 4.78 is 0. The van der Waals surface area contributed by atoms with Crippen molar-refractivity contribution >= 4 is 23.0 Å². The Balaban J connectivity index is 1.89. The van der Waals surface area contributed by atoms with Crippen LogP contribution in [0.1, 0.15) is 47.0 Å². The largest absolute Gasteiger partial charge is 0.476 e. The maximum Gasteiger partial charge on any atom is 0.355 e. The van der Waals surface area contributed by atoms with Gasteiger partial charge in [0.05, 0.1) is 6.04 Å². The fraction of sp³-hybridized carbons (Fsp3) is 0.400. The fourth-order valence-corrected chi connectivity index (χ4v) is 3.65. The fourth-order valence-electron chi connectivity index (χ4n) is 2.71. The van der Waals surface area contributed by atoms with Crippen LogP contribution in [0, 0.1) is 0 Å². The number of carbonyl (C=O) groups is 1. The number of aromatic carboxylic acids is 1. The second kappa shape index (κ2) is 5.81. The molecule has 1 saturated heterocycles.